The minimum Gasteiger partial charge on any atom is -0.490 e. The third-order valence-corrected chi connectivity index (χ3v) is 2.86. The number of carbonyl (C=O) groups is 2. The molecule has 0 aromatic heterocycles. The fourth-order valence-electron chi connectivity index (χ4n) is 1.47. The van der Waals surface area contributed by atoms with Crippen LogP contribution in [-0.2, 0) is 20.7 Å². The average molecular weight is 280 g/mol. The number of rotatable bonds is 6. The van der Waals surface area contributed by atoms with Crippen LogP contribution in [0.4, 0.5) is 0 Å². The van der Waals surface area contributed by atoms with Gasteiger partial charge in [0.15, 0.2) is 0 Å². The maximum Gasteiger partial charge on any atom is 0.310 e. The zero-order valence-corrected chi connectivity index (χ0v) is 12.7. The highest BCUT2D eigenvalue weighted by molar-refractivity contribution is 5.73. The molecule has 1 atom stereocenters. The van der Waals surface area contributed by atoms with Crippen molar-refractivity contribution < 1.29 is 19.1 Å². The van der Waals surface area contributed by atoms with E-state index in [1.807, 2.05) is 38.0 Å². The van der Waals surface area contributed by atoms with Crippen molar-refractivity contribution in [2.24, 2.45) is 5.92 Å². The predicted octanol–water partition coefficient (Wildman–Crippen LogP) is 3.03. The van der Waals surface area contributed by atoms with E-state index < -0.39 is 0 Å². The zero-order chi connectivity index (χ0) is 15.5. The molecular weight excluding hydrogens is 256 g/mol. The minimum atomic E-state index is -0.217. The van der Waals surface area contributed by atoms with E-state index >= 15 is 0 Å². The maximum absolute atomic E-state index is 11.5. The van der Waals surface area contributed by atoms with Gasteiger partial charge in [0.05, 0.1) is 19.1 Å². The van der Waals surface area contributed by atoms with Gasteiger partial charge in [0, 0.05) is 5.56 Å². The van der Waals surface area contributed by atoms with Crippen LogP contribution in [0.25, 0.3) is 0 Å². The van der Waals surface area contributed by atoms with Gasteiger partial charge in [-0.05, 0) is 25.8 Å². The standard InChI is InChI=1S/C15H22O3.CH2O/c1-5-17-15(16)10-13-8-6-7-9-14(13)18-12(4)11(2)3;1-2/h6-9,11-12H,5,10H2,1-4H3;1H2. The first-order chi connectivity index (χ1) is 9.54. The topological polar surface area (TPSA) is 52.6 Å². The summed E-state index contributed by atoms with van der Waals surface area (Å²) in [6.45, 7) is 10.5. The molecule has 0 aliphatic rings. The second-order valence-electron chi connectivity index (χ2n) is 4.66. The molecule has 0 fully saturated rings. The van der Waals surface area contributed by atoms with E-state index in [-0.39, 0.29) is 18.5 Å². The molecule has 1 unspecified atom stereocenters. The van der Waals surface area contributed by atoms with E-state index in [4.69, 9.17) is 14.3 Å². The molecule has 0 radical (unpaired) electrons. The Morgan fingerprint density at radius 3 is 2.35 bits per heavy atom. The first-order valence-electron chi connectivity index (χ1n) is 6.73. The third kappa shape index (κ3) is 6.36. The van der Waals surface area contributed by atoms with Crippen molar-refractivity contribution in [1.82, 2.24) is 0 Å². The van der Waals surface area contributed by atoms with E-state index in [0.29, 0.717) is 12.5 Å². The first kappa shape index (κ1) is 18.2. The van der Waals surface area contributed by atoms with Crippen LogP contribution in [0.1, 0.15) is 33.3 Å². The summed E-state index contributed by atoms with van der Waals surface area (Å²) in [6, 6.07) is 7.62. The lowest BCUT2D eigenvalue weighted by molar-refractivity contribution is -0.142. The van der Waals surface area contributed by atoms with Crippen molar-refractivity contribution in [3.8, 4) is 5.75 Å². The molecule has 1 aromatic rings. The van der Waals surface area contributed by atoms with Crippen molar-refractivity contribution in [1.29, 1.82) is 0 Å². The summed E-state index contributed by atoms with van der Waals surface area (Å²) < 4.78 is 10.8. The Balaban J connectivity index is 0.00000172. The molecule has 112 valence electrons. The van der Waals surface area contributed by atoms with E-state index in [1.54, 1.807) is 6.92 Å². The van der Waals surface area contributed by atoms with Crippen molar-refractivity contribution in [2.75, 3.05) is 6.61 Å². The van der Waals surface area contributed by atoms with E-state index in [9.17, 15) is 4.79 Å². The van der Waals surface area contributed by atoms with Crippen molar-refractivity contribution in [3.05, 3.63) is 29.8 Å². The molecule has 0 saturated heterocycles. The summed E-state index contributed by atoms with van der Waals surface area (Å²) in [4.78, 5) is 19.5. The normalized spacial score (nSPS) is 11.2. The van der Waals surface area contributed by atoms with Gasteiger partial charge in [-0.15, -0.1) is 0 Å². The number of benzene rings is 1. The van der Waals surface area contributed by atoms with E-state index in [0.717, 1.165) is 11.3 Å². The first-order valence-corrected chi connectivity index (χ1v) is 6.73. The molecule has 0 spiro atoms. The van der Waals surface area contributed by atoms with Crippen molar-refractivity contribution in [3.63, 3.8) is 0 Å². The summed E-state index contributed by atoms with van der Waals surface area (Å²) in [7, 11) is 0. The van der Waals surface area contributed by atoms with Gasteiger partial charge in [0.25, 0.3) is 0 Å². The molecule has 0 heterocycles. The van der Waals surface area contributed by atoms with Crippen LogP contribution in [-0.4, -0.2) is 25.5 Å². The van der Waals surface area contributed by atoms with E-state index in [2.05, 4.69) is 13.8 Å². The van der Waals surface area contributed by atoms with Gasteiger partial charge in [-0.25, -0.2) is 0 Å². The lowest BCUT2D eigenvalue weighted by Crippen LogP contribution is -2.20. The molecule has 1 aromatic carbocycles. The average Bonchev–Trinajstić information content (AvgIpc) is 2.43. The third-order valence-electron chi connectivity index (χ3n) is 2.86. The van der Waals surface area contributed by atoms with Crippen LogP contribution < -0.4 is 4.74 Å². The minimum absolute atomic E-state index is 0.119. The molecule has 1 rings (SSSR count). The molecule has 0 saturated carbocycles. The number of hydrogen-bond donors (Lipinski definition) is 0. The van der Waals surface area contributed by atoms with Gasteiger partial charge < -0.3 is 14.3 Å². The number of carbonyl (C=O) groups excluding carboxylic acids is 2. The highest BCUT2D eigenvalue weighted by Crippen LogP contribution is 2.22. The number of hydrogen-bond acceptors (Lipinski definition) is 4. The van der Waals surface area contributed by atoms with Crippen LogP contribution in [0.3, 0.4) is 0 Å². The molecule has 0 amide bonds. The molecule has 0 bridgehead atoms. The Morgan fingerprint density at radius 2 is 1.80 bits per heavy atom. The Bertz CT molecular complexity index is 401. The highest BCUT2D eigenvalue weighted by Gasteiger charge is 2.13. The Labute approximate surface area is 121 Å². The predicted molar refractivity (Wildman–Crippen MR) is 78.8 cm³/mol. The summed E-state index contributed by atoms with van der Waals surface area (Å²) in [6.07, 6.45) is 0.378. The van der Waals surface area contributed by atoms with Crippen LogP contribution in [0.5, 0.6) is 5.75 Å². The molecule has 0 aliphatic carbocycles. The quantitative estimate of drug-likeness (QED) is 0.752. The summed E-state index contributed by atoms with van der Waals surface area (Å²) in [5.74, 6) is 0.984. The summed E-state index contributed by atoms with van der Waals surface area (Å²) in [5.41, 5.74) is 0.878. The second-order valence-corrected chi connectivity index (χ2v) is 4.66. The smallest absolute Gasteiger partial charge is 0.310 e. The van der Waals surface area contributed by atoms with Gasteiger partial charge in [0.1, 0.15) is 12.5 Å². The molecule has 4 heteroatoms. The van der Waals surface area contributed by atoms with Gasteiger partial charge in [-0.1, -0.05) is 32.0 Å². The van der Waals surface area contributed by atoms with Crippen molar-refractivity contribution >= 4 is 12.8 Å². The van der Waals surface area contributed by atoms with Gasteiger partial charge in [0.2, 0.25) is 0 Å². The fourth-order valence-corrected chi connectivity index (χ4v) is 1.47. The molecule has 0 N–H and O–H groups in total. The van der Waals surface area contributed by atoms with E-state index in [1.165, 1.54) is 0 Å². The lowest BCUT2D eigenvalue weighted by atomic mass is 10.1. The highest BCUT2D eigenvalue weighted by atomic mass is 16.5. The zero-order valence-electron chi connectivity index (χ0n) is 12.7. The number of ether oxygens (including phenoxy) is 2. The van der Waals surface area contributed by atoms with Crippen LogP contribution in [0.2, 0.25) is 0 Å². The molecular formula is C16H24O4. The van der Waals surface area contributed by atoms with Gasteiger partial charge in [-0.3, -0.25) is 4.79 Å². The Morgan fingerprint density at radius 1 is 1.20 bits per heavy atom. The molecule has 20 heavy (non-hydrogen) atoms. The largest absolute Gasteiger partial charge is 0.490 e. The van der Waals surface area contributed by atoms with Gasteiger partial charge in [-0.2, -0.15) is 0 Å². The van der Waals surface area contributed by atoms with Crippen LogP contribution in [0.15, 0.2) is 24.3 Å². The van der Waals surface area contributed by atoms with Crippen LogP contribution in [0, 0.1) is 5.92 Å². The number of para-hydroxylation sites is 1. The lowest BCUT2D eigenvalue weighted by Gasteiger charge is -2.20. The second kappa shape index (κ2) is 10.0. The monoisotopic (exact) mass is 280 g/mol. The maximum atomic E-state index is 11.5. The molecule has 0 aliphatic heterocycles. The van der Waals surface area contributed by atoms with Gasteiger partial charge >= 0.3 is 5.97 Å². The molecule has 4 nitrogen and oxygen atoms in total. The fraction of sp³-hybridized carbons (Fsp3) is 0.500. The van der Waals surface area contributed by atoms with Crippen molar-refractivity contribution in [2.45, 2.75) is 40.2 Å². The Hall–Kier alpha value is -1.84. The Kier molecular flexibility index (Phi) is 9.09. The summed E-state index contributed by atoms with van der Waals surface area (Å²) in [5, 5.41) is 0. The van der Waals surface area contributed by atoms with Crippen LogP contribution >= 0.6 is 0 Å². The summed E-state index contributed by atoms with van der Waals surface area (Å²) >= 11 is 0. The number of esters is 1. The SMILES string of the molecule is C=O.CCOC(=O)Cc1ccccc1OC(C)C(C)C.